The number of quaternary nitrogens is 1. The lowest BCUT2D eigenvalue weighted by Gasteiger charge is -2.28. The second kappa shape index (κ2) is 6.36. The van der Waals surface area contributed by atoms with Crippen LogP contribution in [0.3, 0.4) is 0 Å². The number of hydrogen-bond donors (Lipinski definition) is 1. The van der Waals surface area contributed by atoms with Crippen LogP contribution in [0.1, 0.15) is 46.5 Å². The van der Waals surface area contributed by atoms with Gasteiger partial charge in [-0.2, -0.15) is 0 Å². The molecule has 0 aromatic carbocycles. The van der Waals surface area contributed by atoms with Crippen LogP contribution in [-0.2, 0) is 23.8 Å². The van der Waals surface area contributed by atoms with Crippen LogP contribution in [0.15, 0.2) is 23.4 Å². The van der Waals surface area contributed by atoms with Gasteiger partial charge in [0.1, 0.15) is 12.3 Å². The first-order valence-corrected chi connectivity index (χ1v) is 10.7. The molecule has 0 bridgehead atoms. The summed E-state index contributed by atoms with van der Waals surface area (Å²) in [7, 11) is 0. The minimum absolute atomic E-state index is 0.0194. The molecular weight excluding hydrogens is 358 g/mol. The number of carbonyl (C=O) groups is 2. The van der Waals surface area contributed by atoms with Gasteiger partial charge in [0.2, 0.25) is 17.5 Å². The summed E-state index contributed by atoms with van der Waals surface area (Å²) in [5, 5.41) is 0. The van der Waals surface area contributed by atoms with Crippen molar-refractivity contribution in [1.29, 1.82) is 0 Å². The van der Waals surface area contributed by atoms with E-state index in [9.17, 15) is 9.59 Å². The maximum Gasteiger partial charge on any atom is 0.336 e. The zero-order valence-electron chi connectivity index (χ0n) is 16.8. The van der Waals surface area contributed by atoms with Crippen molar-refractivity contribution in [2.45, 2.75) is 70.5 Å². The number of esters is 2. The molecule has 5 aliphatic heterocycles. The Kier molecular flexibility index (Phi) is 4.14. The zero-order valence-corrected chi connectivity index (χ0v) is 16.8. The van der Waals surface area contributed by atoms with E-state index in [0.29, 0.717) is 5.57 Å². The molecule has 0 radical (unpaired) electrons. The second-order valence-electron chi connectivity index (χ2n) is 9.00. The van der Waals surface area contributed by atoms with Gasteiger partial charge >= 0.3 is 11.9 Å². The molecule has 5 aliphatic rings. The van der Waals surface area contributed by atoms with Crippen molar-refractivity contribution in [2.24, 2.45) is 17.8 Å². The smallest absolute Gasteiger partial charge is 0.336 e. The molecule has 5 rings (SSSR count). The predicted molar refractivity (Wildman–Crippen MR) is 99.6 cm³/mol. The molecule has 8 unspecified atom stereocenters. The minimum atomic E-state index is -0.916. The predicted octanol–water partition coefficient (Wildman–Crippen LogP) is 1.33. The van der Waals surface area contributed by atoms with Gasteiger partial charge < -0.3 is 14.2 Å². The number of ether oxygens (including phenoxy) is 3. The van der Waals surface area contributed by atoms with Crippen LogP contribution in [0.4, 0.5) is 0 Å². The highest BCUT2D eigenvalue weighted by Crippen LogP contribution is 2.51. The van der Waals surface area contributed by atoms with Crippen LogP contribution in [0.2, 0.25) is 0 Å². The largest absolute Gasteiger partial charge is 0.453 e. The number of cyclic esters (lactones) is 1. The molecule has 6 nitrogen and oxygen atoms in total. The first-order chi connectivity index (χ1) is 13.4. The molecule has 0 aromatic heterocycles. The van der Waals surface area contributed by atoms with Crippen LogP contribution < -0.4 is 4.90 Å². The molecule has 0 aromatic rings. The van der Waals surface area contributed by atoms with Gasteiger partial charge in [0.15, 0.2) is 12.2 Å². The summed E-state index contributed by atoms with van der Waals surface area (Å²) < 4.78 is 18.0. The van der Waals surface area contributed by atoms with Crippen LogP contribution in [0.25, 0.3) is 0 Å². The molecule has 28 heavy (non-hydrogen) atoms. The Labute approximate surface area is 165 Å². The highest BCUT2D eigenvalue weighted by atomic mass is 16.7. The minimum Gasteiger partial charge on any atom is -0.453 e. The van der Waals surface area contributed by atoms with E-state index in [1.165, 1.54) is 10.6 Å². The molecule has 5 heterocycles. The third-order valence-electron chi connectivity index (χ3n) is 7.32. The molecule has 1 spiro atoms. The van der Waals surface area contributed by atoms with E-state index < -0.39 is 5.79 Å². The summed E-state index contributed by atoms with van der Waals surface area (Å²) in [6.07, 6.45) is 10.0. The van der Waals surface area contributed by atoms with Gasteiger partial charge in [0, 0.05) is 18.4 Å². The summed E-state index contributed by atoms with van der Waals surface area (Å²) in [6.45, 7) is 6.91. The highest BCUT2D eigenvalue weighted by molar-refractivity contribution is 5.90. The zero-order chi connectivity index (χ0) is 19.6. The van der Waals surface area contributed by atoms with Gasteiger partial charge in [0.25, 0.3) is 0 Å². The van der Waals surface area contributed by atoms with Crippen LogP contribution in [0.5, 0.6) is 0 Å². The van der Waals surface area contributed by atoms with Crippen molar-refractivity contribution in [3.05, 3.63) is 29.8 Å². The van der Waals surface area contributed by atoms with E-state index >= 15 is 0 Å². The summed E-state index contributed by atoms with van der Waals surface area (Å²) in [6, 6.07) is 0.181. The maximum absolute atomic E-state index is 12.1. The molecule has 150 valence electrons. The number of carbonyl (C=O) groups excluding carboxylic acids is 2. The fourth-order valence-corrected chi connectivity index (χ4v) is 6.04. The molecule has 8 atom stereocenters. The van der Waals surface area contributed by atoms with E-state index in [1.54, 1.807) is 6.92 Å². The average Bonchev–Trinajstić information content (AvgIpc) is 3.33. The SMILES string of the molecule is CCC1C2C3=C[CH+]C(C4CC(C)C(=O)O4)[NH+]3CCCC2OC12C=C(C)C(=O)O2. The van der Waals surface area contributed by atoms with Crippen LogP contribution in [0, 0.1) is 24.2 Å². The first-order valence-electron chi connectivity index (χ1n) is 10.7. The molecular formula is C22H29NO5+2. The number of fused-ring (bicyclic) bond motifs is 3. The maximum atomic E-state index is 12.1. The third kappa shape index (κ3) is 2.50. The summed E-state index contributed by atoms with van der Waals surface area (Å²) in [4.78, 5) is 25.5. The highest BCUT2D eigenvalue weighted by Gasteiger charge is 2.66. The Morgan fingerprint density at radius 2 is 2.14 bits per heavy atom. The van der Waals surface area contributed by atoms with E-state index in [1.807, 2.05) is 13.0 Å². The lowest BCUT2D eigenvalue weighted by atomic mass is 9.80. The number of nitrogens with one attached hydrogen (secondary N) is 1. The van der Waals surface area contributed by atoms with Crippen molar-refractivity contribution in [3.63, 3.8) is 0 Å². The lowest BCUT2D eigenvalue weighted by Crippen LogP contribution is -3.14. The van der Waals surface area contributed by atoms with Gasteiger partial charge in [-0.3, -0.25) is 4.79 Å². The Morgan fingerprint density at radius 3 is 2.79 bits per heavy atom. The van der Waals surface area contributed by atoms with Crippen molar-refractivity contribution in [1.82, 2.24) is 0 Å². The molecule has 3 saturated heterocycles. The topological polar surface area (TPSA) is 66.3 Å². The van der Waals surface area contributed by atoms with Crippen molar-refractivity contribution < 1.29 is 28.7 Å². The van der Waals surface area contributed by atoms with E-state index in [-0.39, 0.29) is 47.9 Å². The monoisotopic (exact) mass is 387 g/mol. The van der Waals surface area contributed by atoms with Gasteiger partial charge in [0.05, 0.1) is 24.5 Å². The number of hydrogen-bond acceptors (Lipinski definition) is 5. The Balaban J connectivity index is 1.44. The molecule has 0 saturated carbocycles. The van der Waals surface area contributed by atoms with Gasteiger partial charge in [-0.15, -0.1) is 0 Å². The van der Waals surface area contributed by atoms with Gasteiger partial charge in [-0.25, -0.2) is 9.69 Å². The van der Waals surface area contributed by atoms with Crippen LogP contribution >= 0.6 is 0 Å². The van der Waals surface area contributed by atoms with Gasteiger partial charge in [-0.1, -0.05) is 13.8 Å². The number of rotatable bonds is 2. The summed E-state index contributed by atoms with van der Waals surface area (Å²) in [5.74, 6) is -0.957. The Morgan fingerprint density at radius 1 is 1.32 bits per heavy atom. The van der Waals surface area contributed by atoms with E-state index in [2.05, 4.69) is 19.4 Å². The molecule has 1 N–H and O–H groups in total. The Bertz CT molecular complexity index is 773. The Hall–Kier alpha value is -1.79. The quantitative estimate of drug-likeness (QED) is 0.572. The van der Waals surface area contributed by atoms with Gasteiger partial charge in [-0.05, 0) is 25.8 Å². The molecule has 3 fully saturated rings. The fraction of sp³-hybridized carbons (Fsp3) is 0.682. The lowest BCUT2D eigenvalue weighted by molar-refractivity contribution is -0.883. The van der Waals surface area contributed by atoms with Crippen LogP contribution in [-0.4, -0.2) is 42.5 Å². The summed E-state index contributed by atoms with van der Waals surface area (Å²) in [5.41, 5.74) is 1.97. The van der Waals surface area contributed by atoms with Crippen molar-refractivity contribution >= 4 is 11.9 Å². The summed E-state index contributed by atoms with van der Waals surface area (Å²) >= 11 is 0. The fourth-order valence-electron chi connectivity index (χ4n) is 6.04. The third-order valence-corrected chi connectivity index (χ3v) is 7.32. The molecule has 6 heteroatoms. The van der Waals surface area contributed by atoms with Crippen molar-refractivity contribution in [2.75, 3.05) is 6.54 Å². The van der Waals surface area contributed by atoms with Crippen molar-refractivity contribution in [3.8, 4) is 0 Å². The molecule has 0 aliphatic carbocycles. The second-order valence-corrected chi connectivity index (χ2v) is 9.00. The molecule has 0 amide bonds. The van der Waals surface area contributed by atoms with E-state index in [4.69, 9.17) is 14.2 Å². The first kappa shape index (κ1) is 18.3. The standard InChI is InChI=1S/C22H28NO5/c1-4-14-19-16-8-7-15(18-10-12(2)20(24)26-18)23(16)9-5-6-17(19)27-22(14)11-13(3)21(25)28-22/h7-8,11-12,14-15,17-19H,4-6,9-10H2,1-3H3/q+1/p+1. The average molecular weight is 387 g/mol. The normalized spacial score (nSPS) is 47.0. The van der Waals surface area contributed by atoms with E-state index in [0.717, 1.165) is 32.2 Å².